The molecule has 136 valence electrons. The Balaban J connectivity index is 1.74. The van der Waals surface area contributed by atoms with Crippen LogP contribution in [-0.2, 0) is 11.4 Å². The van der Waals surface area contributed by atoms with Crippen molar-refractivity contribution in [3.05, 3.63) is 52.6 Å². The number of benzene rings is 1. The zero-order valence-electron chi connectivity index (χ0n) is 14.9. The Kier molecular flexibility index (Phi) is 5.04. The molecule has 26 heavy (non-hydrogen) atoms. The lowest BCUT2D eigenvalue weighted by Crippen LogP contribution is -2.46. The summed E-state index contributed by atoms with van der Waals surface area (Å²) in [7, 11) is 0. The minimum absolute atomic E-state index is 0.223. The number of morpholine rings is 1. The molecule has 1 saturated heterocycles. The topological polar surface area (TPSA) is 35.2 Å². The molecule has 0 spiro atoms. The van der Waals surface area contributed by atoms with E-state index in [1.807, 2.05) is 28.9 Å². The summed E-state index contributed by atoms with van der Waals surface area (Å²) < 4.78 is 10.6. The van der Waals surface area contributed by atoms with Crippen molar-refractivity contribution in [2.24, 2.45) is 0 Å². The molecule has 1 fully saturated rings. The fourth-order valence-electron chi connectivity index (χ4n) is 3.46. The van der Waals surface area contributed by atoms with Crippen LogP contribution in [0.1, 0.15) is 13.8 Å². The lowest BCUT2D eigenvalue weighted by molar-refractivity contribution is -0.0777. The summed E-state index contributed by atoms with van der Waals surface area (Å²) in [6.07, 6.45) is 0.446. The van der Waals surface area contributed by atoms with E-state index in [0.29, 0.717) is 11.4 Å². The average molecular weight is 387 g/mol. The van der Waals surface area contributed by atoms with Crippen LogP contribution in [0, 0.1) is 4.77 Å². The van der Waals surface area contributed by atoms with Gasteiger partial charge in [-0.1, -0.05) is 24.3 Å². The minimum atomic E-state index is 0.223. The first kappa shape index (κ1) is 17.6. The van der Waals surface area contributed by atoms with E-state index in [2.05, 4.69) is 46.9 Å². The molecule has 2 aromatic heterocycles. The largest absolute Gasteiger partial charge is 0.373 e. The van der Waals surface area contributed by atoms with Gasteiger partial charge >= 0.3 is 0 Å². The van der Waals surface area contributed by atoms with Crippen LogP contribution in [0.5, 0.6) is 0 Å². The second-order valence-electron chi connectivity index (χ2n) is 6.69. The second kappa shape index (κ2) is 7.44. The highest BCUT2D eigenvalue weighted by Gasteiger charge is 2.24. The van der Waals surface area contributed by atoms with Crippen molar-refractivity contribution in [1.82, 2.24) is 19.2 Å². The Labute approximate surface area is 162 Å². The summed E-state index contributed by atoms with van der Waals surface area (Å²) in [4.78, 5) is 3.47. The molecule has 0 bridgehead atoms. The molecule has 0 amide bonds. The fourth-order valence-corrected chi connectivity index (χ4v) is 4.45. The lowest BCUT2D eigenvalue weighted by atomic mass is 10.2. The molecule has 1 aliphatic heterocycles. The summed E-state index contributed by atoms with van der Waals surface area (Å²) in [6, 6.07) is 14.3. The second-order valence-corrected chi connectivity index (χ2v) is 8.00. The molecule has 3 heterocycles. The third-order valence-electron chi connectivity index (χ3n) is 4.42. The Bertz CT molecular complexity index is 907. The van der Waals surface area contributed by atoms with Gasteiger partial charge in [0, 0.05) is 18.8 Å². The van der Waals surface area contributed by atoms with Gasteiger partial charge in [-0.3, -0.25) is 9.47 Å². The van der Waals surface area contributed by atoms with E-state index in [0.717, 1.165) is 29.5 Å². The number of aromatic nitrogens is 3. The van der Waals surface area contributed by atoms with Gasteiger partial charge < -0.3 is 4.74 Å². The summed E-state index contributed by atoms with van der Waals surface area (Å²) in [6.45, 7) is 6.68. The lowest BCUT2D eigenvalue weighted by Gasteiger charge is -2.34. The molecular formula is C19H22N4OS2. The first-order valence-electron chi connectivity index (χ1n) is 8.79. The van der Waals surface area contributed by atoms with Gasteiger partial charge in [0.15, 0.2) is 5.82 Å². The quantitative estimate of drug-likeness (QED) is 0.630. The average Bonchev–Trinajstić information content (AvgIpc) is 3.24. The van der Waals surface area contributed by atoms with Gasteiger partial charge in [0.2, 0.25) is 4.77 Å². The fraction of sp³-hybridized carbons (Fsp3) is 0.368. The number of nitrogens with zero attached hydrogens (tertiary/aromatic N) is 4. The minimum Gasteiger partial charge on any atom is -0.373 e. The van der Waals surface area contributed by atoms with Gasteiger partial charge in [-0.05, 0) is 49.6 Å². The molecule has 2 atom stereocenters. The monoisotopic (exact) mass is 386 g/mol. The smallest absolute Gasteiger partial charge is 0.204 e. The normalized spacial score (nSPS) is 21.2. The maximum Gasteiger partial charge on any atom is 0.204 e. The van der Waals surface area contributed by atoms with E-state index in [-0.39, 0.29) is 12.2 Å². The Morgan fingerprint density at radius 3 is 2.50 bits per heavy atom. The third-order valence-corrected chi connectivity index (χ3v) is 5.68. The summed E-state index contributed by atoms with van der Waals surface area (Å²) >= 11 is 7.48. The van der Waals surface area contributed by atoms with Gasteiger partial charge in [0.1, 0.15) is 0 Å². The van der Waals surface area contributed by atoms with E-state index in [9.17, 15) is 0 Å². The standard InChI is InChI=1S/C19H22N4OS2/c1-14-11-21(12-15(2)24-14)13-22-19(25)23(16-7-4-3-5-8-16)18(20-22)17-9-6-10-26-17/h3-10,14-15H,11-13H2,1-2H3/t14-,15-/m0/s1. The molecule has 1 aliphatic rings. The third kappa shape index (κ3) is 3.53. The molecule has 0 radical (unpaired) electrons. The van der Waals surface area contributed by atoms with Crippen LogP contribution in [0.2, 0.25) is 0 Å². The highest BCUT2D eigenvalue weighted by Crippen LogP contribution is 2.26. The van der Waals surface area contributed by atoms with Gasteiger partial charge in [0.05, 0.1) is 23.8 Å². The van der Waals surface area contributed by atoms with E-state index in [1.165, 1.54) is 0 Å². The number of thiophene rings is 1. The number of hydrogen-bond donors (Lipinski definition) is 0. The van der Waals surface area contributed by atoms with Crippen molar-refractivity contribution in [3.8, 4) is 16.4 Å². The number of hydrogen-bond acceptors (Lipinski definition) is 5. The maximum absolute atomic E-state index is 5.84. The highest BCUT2D eigenvalue weighted by molar-refractivity contribution is 7.71. The van der Waals surface area contributed by atoms with Crippen LogP contribution >= 0.6 is 23.6 Å². The van der Waals surface area contributed by atoms with Gasteiger partial charge in [-0.25, -0.2) is 4.68 Å². The summed E-state index contributed by atoms with van der Waals surface area (Å²) in [5, 5.41) is 6.94. The predicted octanol–water partition coefficient (Wildman–Crippen LogP) is 4.20. The number of para-hydroxylation sites is 1. The Morgan fingerprint density at radius 2 is 1.85 bits per heavy atom. The number of rotatable bonds is 4. The predicted molar refractivity (Wildman–Crippen MR) is 107 cm³/mol. The molecule has 4 rings (SSSR count). The zero-order valence-corrected chi connectivity index (χ0v) is 16.5. The molecule has 0 saturated carbocycles. The van der Waals surface area contributed by atoms with Crippen LogP contribution in [0.4, 0.5) is 0 Å². The summed E-state index contributed by atoms with van der Waals surface area (Å²) in [5.41, 5.74) is 1.04. The van der Waals surface area contributed by atoms with Crippen molar-refractivity contribution in [1.29, 1.82) is 0 Å². The van der Waals surface area contributed by atoms with Crippen LogP contribution in [0.3, 0.4) is 0 Å². The van der Waals surface area contributed by atoms with Crippen LogP contribution in [-0.4, -0.2) is 44.5 Å². The maximum atomic E-state index is 5.84. The first-order chi connectivity index (χ1) is 12.6. The van der Waals surface area contributed by atoms with Crippen molar-refractivity contribution >= 4 is 23.6 Å². The van der Waals surface area contributed by atoms with E-state index < -0.39 is 0 Å². The van der Waals surface area contributed by atoms with Gasteiger partial charge in [0.25, 0.3) is 0 Å². The van der Waals surface area contributed by atoms with Gasteiger partial charge in [-0.15, -0.1) is 16.4 Å². The van der Waals surface area contributed by atoms with E-state index >= 15 is 0 Å². The molecule has 3 aromatic rings. The first-order valence-corrected chi connectivity index (χ1v) is 10.1. The zero-order chi connectivity index (χ0) is 18.1. The molecule has 1 aromatic carbocycles. The highest BCUT2D eigenvalue weighted by atomic mass is 32.1. The molecule has 7 heteroatoms. The van der Waals surface area contributed by atoms with Gasteiger partial charge in [-0.2, -0.15) is 0 Å². The molecule has 0 aliphatic carbocycles. The molecule has 5 nitrogen and oxygen atoms in total. The van der Waals surface area contributed by atoms with E-state index in [4.69, 9.17) is 22.1 Å². The van der Waals surface area contributed by atoms with Crippen LogP contribution in [0.25, 0.3) is 16.4 Å². The molecule has 0 unspecified atom stereocenters. The SMILES string of the molecule is C[C@H]1CN(Cn2nc(-c3cccs3)n(-c3ccccc3)c2=S)C[C@H](C)O1. The van der Waals surface area contributed by atoms with Crippen LogP contribution in [0.15, 0.2) is 47.8 Å². The van der Waals surface area contributed by atoms with Crippen molar-refractivity contribution in [3.63, 3.8) is 0 Å². The summed E-state index contributed by atoms with van der Waals surface area (Å²) in [5.74, 6) is 0.894. The Hall–Kier alpha value is -1.80. The molecule has 0 N–H and O–H groups in total. The van der Waals surface area contributed by atoms with E-state index in [1.54, 1.807) is 11.3 Å². The number of ether oxygens (including phenoxy) is 1. The van der Waals surface area contributed by atoms with Crippen molar-refractivity contribution in [2.45, 2.75) is 32.7 Å². The Morgan fingerprint density at radius 1 is 1.12 bits per heavy atom. The van der Waals surface area contributed by atoms with Crippen LogP contribution < -0.4 is 0 Å². The molecular weight excluding hydrogens is 364 g/mol. The van der Waals surface area contributed by atoms with Crippen molar-refractivity contribution < 1.29 is 4.74 Å². The van der Waals surface area contributed by atoms with Crippen molar-refractivity contribution in [2.75, 3.05) is 13.1 Å².